The zero-order valence-corrected chi connectivity index (χ0v) is 16.2. The lowest BCUT2D eigenvalue weighted by Crippen LogP contribution is -2.37. The molecule has 3 nitrogen and oxygen atoms in total. The predicted molar refractivity (Wildman–Crippen MR) is 100 cm³/mol. The summed E-state index contributed by atoms with van der Waals surface area (Å²) in [4.78, 5) is 13.4. The molecule has 1 aliphatic rings. The number of ether oxygens (including phenoxy) is 1. The van der Waals surface area contributed by atoms with Gasteiger partial charge in [0.1, 0.15) is 5.78 Å². The van der Waals surface area contributed by atoms with E-state index in [1.54, 1.807) is 6.92 Å². The van der Waals surface area contributed by atoms with Crippen molar-refractivity contribution in [3.8, 4) is 0 Å². The lowest BCUT2D eigenvalue weighted by molar-refractivity contribution is -0.117. The molecule has 0 aromatic carbocycles. The summed E-state index contributed by atoms with van der Waals surface area (Å²) in [6, 6.07) is 0. The number of ketones is 1. The number of likely N-dealkylation sites (tertiary alicyclic amines) is 1. The van der Waals surface area contributed by atoms with Crippen LogP contribution in [-0.2, 0) is 9.53 Å². The zero-order valence-electron chi connectivity index (χ0n) is 16.2. The lowest BCUT2D eigenvalue weighted by Gasteiger charge is -2.31. The number of rotatable bonds is 12. The Kier molecular flexibility index (Phi) is 16.2. The molecule has 1 aliphatic heterocycles. The van der Waals surface area contributed by atoms with Gasteiger partial charge in [0, 0.05) is 26.6 Å². The summed E-state index contributed by atoms with van der Waals surface area (Å²) in [5.41, 5.74) is 0. The van der Waals surface area contributed by atoms with E-state index in [0.29, 0.717) is 11.9 Å². The summed E-state index contributed by atoms with van der Waals surface area (Å²) >= 11 is 0. The molecule has 0 N–H and O–H groups in total. The van der Waals surface area contributed by atoms with Crippen molar-refractivity contribution in [3.63, 3.8) is 0 Å². The number of piperidine rings is 1. The topological polar surface area (TPSA) is 29.5 Å². The quantitative estimate of drug-likeness (QED) is 0.460. The van der Waals surface area contributed by atoms with Crippen molar-refractivity contribution in [1.82, 2.24) is 4.90 Å². The van der Waals surface area contributed by atoms with Crippen molar-refractivity contribution >= 4 is 5.78 Å². The molecule has 0 spiro atoms. The van der Waals surface area contributed by atoms with E-state index in [9.17, 15) is 4.79 Å². The molecule has 0 aromatic rings. The largest absolute Gasteiger partial charge is 0.381 e. The molecule has 0 saturated carbocycles. The predicted octanol–water partition coefficient (Wildman–Crippen LogP) is 5.22. The number of carbonyl (C=O) groups excluding carboxylic acids is 1. The van der Waals surface area contributed by atoms with E-state index in [4.69, 9.17) is 4.74 Å². The summed E-state index contributed by atoms with van der Waals surface area (Å²) in [5, 5.41) is 0. The molecule has 0 aliphatic carbocycles. The van der Waals surface area contributed by atoms with E-state index in [1.165, 1.54) is 77.4 Å². The van der Waals surface area contributed by atoms with Crippen molar-refractivity contribution in [2.75, 3.05) is 26.7 Å². The Labute approximate surface area is 145 Å². The van der Waals surface area contributed by atoms with Crippen LogP contribution >= 0.6 is 0 Å². The number of Topliss-reactive ketones (excluding diaryl/α,β-unsaturated/α-hetero) is 1. The van der Waals surface area contributed by atoms with E-state index in [1.807, 2.05) is 21.0 Å². The van der Waals surface area contributed by atoms with Crippen LogP contribution in [0.1, 0.15) is 91.4 Å². The first-order chi connectivity index (χ1) is 11.2. The summed E-state index contributed by atoms with van der Waals surface area (Å²) in [5.74, 6) is 0.338. The Balaban J connectivity index is 0.00000232. The van der Waals surface area contributed by atoms with Crippen LogP contribution in [0.25, 0.3) is 0 Å². The number of hydrogen-bond acceptors (Lipinski definition) is 3. The van der Waals surface area contributed by atoms with Crippen LogP contribution in [0.5, 0.6) is 0 Å². The maximum Gasteiger partial charge on any atom is 0.129 e. The van der Waals surface area contributed by atoms with Crippen LogP contribution in [0.15, 0.2) is 0 Å². The lowest BCUT2D eigenvalue weighted by atomic mass is 10.1. The van der Waals surface area contributed by atoms with Gasteiger partial charge in [-0.1, -0.05) is 52.4 Å². The zero-order chi connectivity index (χ0) is 17.3. The minimum absolute atomic E-state index is 0.338. The van der Waals surface area contributed by atoms with Gasteiger partial charge in [-0.15, -0.1) is 0 Å². The number of unbranched alkanes of at least 4 members (excludes halogenated alkanes) is 7. The second-order valence-corrected chi connectivity index (χ2v) is 6.56. The summed E-state index contributed by atoms with van der Waals surface area (Å²) in [7, 11) is 1.83. The molecule has 0 aromatic heterocycles. The van der Waals surface area contributed by atoms with Gasteiger partial charge in [-0.3, -0.25) is 0 Å². The van der Waals surface area contributed by atoms with Gasteiger partial charge in [0.2, 0.25) is 0 Å². The molecule has 23 heavy (non-hydrogen) atoms. The smallest absolute Gasteiger partial charge is 0.129 e. The Morgan fingerprint density at radius 3 is 1.87 bits per heavy atom. The minimum Gasteiger partial charge on any atom is -0.381 e. The van der Waals surface area contributed by atoms with Crippen LogP contribution < -0.4 is 0 Å². The van der Waals surface area contributed by atoms with Crippen LogP contribution in [0.3, 0.4) is 0 Å². The van der Waals surface area contributed by atoms with Crippen molar-refractivity contribution in [2.45, 2.75) is 97.5 Å². The normalized spacial score (nSPS) is 16.0. The van der Waals surface area contributed by atoms with Gasteiger partial charge in [-0.25, -0.2) is 0 Å². The second-order valence-electron chi connectivity index (χ2n) is 6.56. The molecule has 3 heteroatoms. The molecule has 0 bridgehead atoms. The Hall–Kier alpha value is -0.410. The number of nitrogens with zero attached hydrogens (tertiary/aromatic N) is 1. The molecule has 0 amide bonds. The molecule has 0 radical (unpaired) electrons. The summed E-state index contributed by atoms with van der Waals surface area (Å²) < 4.78 is 5.41. The first-order valence-electron chi connectivity index (χ1n) is 9.97. The third-order valence-electron chi connectivity index (χ3n) is 4.62. The van der Waals surface area contributed by atoms with Gasteiger partial charge in [0.15, 0.2) is 0 Å². The van der Waals surface area contributed by atoms with E-state index in [2.05, 4.69) is 4.90 Å². The molecule has 0 atom stereocenters. The van der Waals surface area contributed by atoms with Crippen molar-refractivity contribution in [3.05, 3.63) is 0 Å². The molecule has 1 saturated heterocycles. The third-order valence-corrected chi connectivity index (χ3v) is 4.62. The van der Waals surface area contributed by atoms with Crippen molar-refractivity contribution in [1.29, 1.82) is 0 Å². The molecular weight excluding hydrogens is 286 g/mol. The molecule has 138 valence electrons. The van der Waals surface area contributed by atoms with Gasteiger partial charge in [-0.2, -0.15) is 0 Å². The Bertz CT molecular complexity index is 260. The van der Waals surface area contributed by atoms with E-state index in [-0.39, 0.29) is 0 Å². The molecule has 1 rings (SSSR count). The highest BCUT2D eigenvalue weighted by atomic mass is 16.5. The SMILES string of the molecule is CC.COC1CCN(CCCCCCCCCCC(C)=O)CC1. The summed E-state index contributed by atoms with van der Waals surface area (Å²) in [6.07, 6.45) is 14.1. The van der Waals surface area contributed by atoms with E-state index < -0.39 is 0 Å². The maximum absolute atomic E-state index is 10.8. The standard InChI is InChI=1S/C18H35NO2.C2H6/c1-17(20)11-9-7-5-3-4-6-8-10-14-19-15-12-18(21-2)13-16-19;1-2/h18H,3-16H2,1-2H3;1-2H3. The van der Waals surface area contributed by atoms with Gasteiger partial charge < -0.3 is 14.4 Å². The van der Waals surface area contributed by atoms with Crippen LogP contribution in [0.2, 0.25) is 0 Å². The average Bonchev–Trinajstić information content (AvgIpc) is 2.58. The summed E-state index contributed by atoms with van der Waals surface area (Å²) in [6.45, 7) is 9.40. The first kappa shape index (κ1) is 22.6. The second kappa shape index (κ2) is 16.4. The maximum atomic E-state index is 10.8. The Morgan fingerprint density at radius 1 is 0.913 bits per heavy atom. The highest BCUT2D eigenvalue weighted by molar-refractivity contribution is 5.75. The van der Waals surface area contributed by atoms with Gasteiger partial charge in [0.05, 0.1) is 6.10 Å². The van der Waals surface area contributed by atoms with Gasteiger partial charge in [-0.05, 0) is 39.2 Å². The van der Waals surface area contributed by atoms with Crippen molar-refractivity contribution in [2.24, 2.45) is 0 Å². The molecular formula is C20H41NO2. The highest BCUT2D eigenvalue weighted by Gasteiger charge is 2.17. The van der Waals surface area contributed by atoms with E-state index in [0.717, 1.165) is 12.8 Å². The highest BCUT2D eigenvalue weighted by Crippen LogP contribution is 2.14. The van der Waals surface area contributed by atoms with Crippen LogP contribution in [0.4, 0.5) is 0 Å². The van der Waals surface area contributed by atoms with Gasteiger partial charge in [0.25, 0.3) is 0 Å². The van der Waals surface area contributed by atoms with Gasteiger partial charge >= 0.3 is 0 Å². The Morgan fingerprint density at radius 2 is 1.39 bits per heavy atom. The number of carbonyl (C=O) groups is 1. The van der Waals surface area contributed by atoms with Crippen molar-refractivity contribution < 1.29 is 9.53 Å². The average molecular weight is 328 g/mol. The van der Waals surface area contributed by atoms with Crippen LogP contribution in [0, 0.1) is 0 Å². The molecule has 0 unspecified atom stereocenters. The molecule has 1 fully saturated rings. The van der Waals surface area contributed by atoms with Crippen LogP contribution in [-0.4, -0.2) is 43.5 Å². The third kappa shape index (κ3) is 13.7. The first-order valence-corrected chi connectivity index (χ1v) is 9.97. The fraction of sp³-hybridized carbons (Fsp3) is 0.950. The fourth-order valence-corrected chi connectivity index (χ4v) is 3.14. The monoisotopic (exact) mass is 327 g/mol. The number of hydrogen-bond donors (Lipinski definition) is 0. The molecule has 1 heterocycles. The fourth-order valence-electron chi connectivity index (χ4n) is 3.14. The number of methoxy groups -OCH3 is 1. The van der Waals surface area contributed by atoms with E-state index >= 15 is 0 Å². The minimum atomic E-state index is 0.338.